The Morgan fingerprint density at radius 1 is 1.44 bits per heavy atom. The van der Waals surface area contributed by atoms with E-state index in [4.69, 9.17) is 11.6 Å². The molecule has 0 radical (unpaired) electrons. The Balaban J connectivity index is 2.60. The third-order valence-electron chi connectivity index (χ3n) is 3.10. The van der Waals surface area contributed by atoms with Crippen molar-refractivity contribution in [2.75, 3.05) is 11.5 Å². The van der Waals surface area contributed by atoms with Crippen LogP contribution in [0.15, 0.2) is 9.59 Å². The van der Waals surface area contributed by atoms with E-state index >= 15 is 0 Å². The van der Waals surface area contributed by atoms with Gasteiger partial charge >= 0.3 is 5.69 Å². The van der Waals surface area contributed by atoms with Gasteiger partial charge in [0, 0.05) is 0 Å². The highest BCUT2D eigenvalue weighted by atomic mass is 35.5. The first-order valence-corrected chi connectivity index (χ1v) is 7.79. The van der Waals surface area contributed by atoms with E-state index in [9.17, 15) is 18.0 Å². The topological polar surface area (TPSA) is 89.0 Å². The molecule has 2 rings (SSSR count). The Hall–Kier alpha value is -1.08. The molecule has 1 aliphatic rings. The maximum atomic E-state index is 12.1. The normalized spacial score (nSPS) is 22.2. The average Bonchev–Trinajstić information content (AvgIpc) is 2.58. The van der Waals surface area contributed by atoms with Crippen LogP contribution in [0.4, 0.5) is 0 Å². The fraction of sp³-hybridized carbons (Fsp3) is 0.600. The lowest BCUT2D eigenvalue weighted by Crippen LogP contribution is -2.40. The Kier molecular flexibility index (Phi) is 3.37. The molecule has 6 nitrogen and oxygen atoms in total. The van der Waals surface area contributed by atoms with Crippen molar-refractivity contribution in [2.45, 2.75) is 25.8 Å². The van der Waals surface area contributed by atoms with Gasteiger partial charge in [-0.25, -0.2) is 13.2 Å². The summed E-state index contributed by atoms with van der Waals surface area (Å²) >= 11 is 5.78. The lowest BCUT2D eigenvalue weighted by Gasteiger charge is -2.12. The highest BCUT2D eigenvalue weighted by Crippen LogP contribution is 2.21. The van der Waals surface area contributed by atoms with Gasteiger partial charge in [0.25, 0.3) is 5.56 Å². The SMILES string of the molecule is CCc1c(Cl)[nH]c(=O)n(C2CCS(=O)(=O)C2)c1=O. The first-order chi connectivity index (χ1) is 8.35. The minimum absolute atomic E-state index is 0.00757. The number of rotatable bonds is 2. The molecule has 1 saturated heterocycles. The number of H-pyrrole nitrogens is 1. The third-order valence-corrected chi connectivity index (χ3v) is 5.18. The Morgan fingerprint density at radius 2 is 2.11 bits per heavy atom. The lowest BCUT2D eigenvalue weighted by atomic mass is 10.2. The number of aromatic amines is 1. The van der Waals surface area contributed by atoms with Gasteiger partial charge in [-0.3, -0.25) is 14.3 Å². The van der Waals surface area contributed by atoms with Crippen LogP contribution in [0.5, 0.6) is 0 Å². The summed E-state index contributed by atoms with van der Waals surface area (Å²) in [4.78, 5) is 26.2. The van der Waals surface area contributed by atoms with Gasteiger partial charge < -0.3 is 0 Å². The van der Waals surface area contributed by atoms with Gasteiger partial charge in [0.15, 0.2) is 9.84 Å². The Bertz CT molecular complexity index is 689. The highest BCUT2D eigenvalue weighted by molar-refractivity contribution is 7.91. The molecule has 1 atom stereocenters. The van der Waals surface area contributed by atoms with E-state index in [2.05, 4.69) is 4.98 Å². The average molecular weight is 293 g/mol. The van der Waals surface area contributed by atoms with Gasteiger partial charge in [-0.2, -0.15) is 0 Å². The van der Waals surface area contributed by atoms with Gasteiger partial charge in [-0.05, 0) is 12.8 Å². The summed E-state index contributed by atoms with van der Waals surface area (Å²) in [5, 5.41) is 0.0320. The quantitative estimate of drug-likeness (QED) is 0.784. The van der Waals surface area contributed by atoms with E-state index in [1.165, 1.54) is 0 Å². The van der Waals surface area contributed by atoms with Crippen molar-refractivity contribution in [2.24, 2.45) is 0 Å². The molecule has 0 aliphatic carbocycles. The molecule has 2 heterocycles. The van der Waals surface area contributed by atoms with Crippen LogP contribution in [0.25, 0.3) is 0 Å². The molecule has 1 aromatic rings. The summed E-state index contributed by atoms with van der Waals surface area (Å²) < 4.78 is 23.8. The van der Waals surface area contributed by atoms with Crippen LogP contribution in [0.1, 0.15) is 24.9 Å². The number of halogens is 1. The Labute approximate surface area is 109 Å². The van der Waals surface area contributed by atoms with Crippen molar-refractivity contribution in [1.29, 1.82) is 0 Å². The highest BCUT2D eigenvalue weighted by Gasteiger charge is 2.31. The molecule has 0 saturated carbocycles. The van der Waals surface area contributed by atoms with E-state index in [1.54, 1.807) is 6.92 Å². The van der Waals surface area contributed by atoms with E-state index in [-0.39, 0.29) is 23.1 Å². The van der Waals surface area contributed by atoms with Crippen LogP contribution in [0.3, 0.4) is 0 Å². The monoisotopic (exact) mass is 292 g/mol. The first kappa shape index (κ1) is 13.4. The van der Waals surface area contributed by atoms with Crippen molar-refractivity contribution in [3.05, 3.63) is 31.6 Å². The van der Waals surface area contributed by atoms with Crippen molar-refractivity contribution >= 4 is 21.4 Å². The standard InChI is InChI=1S/C10H13ClN2O4S/c1-2-7-8(11)12-10(15)13(9(7)14)6-3-4-18(16,17)5-6/h6H,2-5H2,1H3,(H,12,15). The number of nitrogens with one attached hydrogen (secondary N) is 1. The van der Waals surface area contributed by atoms with E-state index in [0.29, 0.717) is 12.0 Å². The van der Waals surface area contributed by atoms with Crippen molar-refractivity contribution < 1.29 is 8.42 Å². The van der Waals surface area contributed by atoms with Gasteiger partial charge in [-0.15, -0.1) is 0 Å². The summed E-state index contributed by atoms with van der Waals surface area (Å²) in [6.07, 6.45) is 0.671. The predicted octanol–water partition coefficient (Wildman–Crippen LogP) is 0.112. The molecule has 1 aromatic heterocycles. The Morgan fingerprint density at radius 3 is 2.61 bits per heavy atom. The van der Waals surface area contributed by atoms with Gasteiger partial charge in [0.2, 0.25) is 0 Å². The molecule has 0 spiro atoms. The van der Waals surface area contributed by atoms with Crippen molar-refractivity contribution in [3.63, 3.8) is 0 Å². The molecule has 0 aromatic carbocycles. The fourth-order valence-electron chi connectivity index (χ4n) is 2.18. The van der Waals surface area contributed by atoms with Crippen LogP contribution >= 0.6 is 11.6 Å². The summed E-state index contributed by atoms with van der Waals surface area (Å²) in [6, 6.07) is -0.589. The maximum Gasteiger partial charge on any atom is 0.329 e. The van der Waals surface area contributed by atoms with E-state index in [0.717, 1.165) is 4.57 Å². The molecule has 0 amide bonds. The fourth-order valence-corrected chi connectivity index (χ4v) is 4.17. The second-order valence-electron chi connectivity index (χ2n) is 4.31. The number of sulfone groups is 1. The second-order valence-corrected chi connectivity index (χ2v) is 6.91. The van der Waals surface area contributed by atoms with Gasteiger partial charge in [0.05, 0.1) is 23.1 Å². The third kappa shape index (κ3) is 2.24. The predicted molar refractivity (Wildman–Crippen MR) is 68.0 cm³/mol. The molecular weight excluding hydrogens is 280 g/mol. The zero-order chi connectivity index (χ0) is 13.5. The zero-order valence-electron chi connectivity index (χ0n) is 9.77. The van der Waals surface area contributed by atoms with Crippen LogP contribution in [-0.2, 0) is 16.3 Å². The van der Waals surface area contributed by atoms with Crippen molar-refractivity contribution in [1.82, 2.24) is 9.55 Å². The molecule has 100 valence electrons. The lowest BCUT2D eigenvalue weighted by molar-refractivity contribution is 0.508. The summed E-state index contributed by atoms with van der Waals surface area (Å²) in [6.45, 7) is 1.75. The molecule has 1 fully saturated rings. The maximum absolute atomic E-state index is 12.1. The molecule has 1 unspecified atom stereocenters. The molecule has 18 heavy (non-hydrogen) atoms. The smallest absolute Gasteiger partial charge is 0.297 e. The first-order valence-electron chi connectivity index (χ1n) is 5.59. The molecular formula is C10H13ClN2O4S. The van der Waals surface area contributed by atoms with Gasteiger partial charge in [0.1, 0.15) is 5.15 Å². The van der Waals surface area contributed by atoms with Crippen LogP contribution in [-0.4, -0.2) is 29.5 Å². The number of hydrogen-bond donors (Lipinski definition) is 1. The summed E-state index contributed by atoms with van der Waals surface area (Å²) in [5.41, 5.74) is -0.835. The minimum atomic E-state index is -3.15. The molecule has 1 N–H and O–H groups in total. The zero-order valence-corrected chi connectivity index (χ0v) is 11.3. The number of aromatic nitrogens is 2. The van der Waals surface area contributed by atoms with Crippen LogP contribution < -0.4 is 11.2 Å². The van der Waals surface area contributed by atoms with Gasteiger partial charge in [-0.1, -0.05) is 18.5 Å². The summed E-state index contributed by atoms with van der Waals surface area (Å²) in [5.74, 6) is -0.158. The molecule has 0 bridgehead atoms. The molecule has 8 heteroatoms. The largest absolute Gasteiger partial charge is 0.329 e. The minimum Gasteiger partial charge on any atom is -0.297 e. The second kappa shape index (κ2) is 4.55. The van der Waals surface area contributed by atoms with Crippen LogP contribution in [0, 0.1) is 0 Å². The van der Waals surface area contributed by atoms with E-state index < -0.39 is 27.1 Å². The number of nitrogens with zero attached hydrogens (tertiary/aromatic N) is 1. The van der Waals surface area contributed by atoms with Crippen molar-refractivity contribution in [3.8, 4) is 0 Å². The summed E-state index contributed by atoms with van der Waals surface area (Å²) in [7, 11) is -3.15. The van der Waals surface area contributed by atoms with Crippen LogP contribution in [0.2, 0.25) is 5.15 Å². The van der Waals surface area contributed by atoms with E-state index in [1.807, 2.05) is 0 Å². The number of hydrogen-bond acceptors (Lipinski definition) is 4. The molecule has 1 aliphatic heterocycles.